The Bertz CT molecular complexity index is 776. The molecule has 0 saturated carbocycles. The molecule has 136 valence electrons. The van der Waals surface area contributed by atoms with Crippen LogP contribution in [0.2, 0.25) is 0 Å². The molecule has 26 heavy (non-hydrogen) atoms. The molecular formula is C21H24N2O3. The summed E-state index contributed by atoms with van der Waals surface area (Å²) in [6.45, 7) is 2.28. The number of carbonyl (C=O) groups is 2. The summed E-state index contributed by atoms with van der Waals surface area (Å²) in [6.07, 6.45) is 1.12. The molecule has 5 nitrogen and oxygen atoms in total. The second-order valence-corrected chi connectivity index (χ2v) is 6.66. The molecule has 0 spiro atoms. The lowest BCUT2D eigenvalue weighted by atomic mass is 9.92. The summed E-state index contributed by atoms with van der Waals surface area (Å²) in [5.41, 5.74) is 8.64. The molecule has 1 aliphatic heterocycles. The van der Waals surface area contributed by atoms with Gasteiger partial charge in [0.15, 0.2) is 0 Å². The van der Waals surface area contributed by atoms with E-state index < -0.39 is 6.09 Å². The molecule has 1 heterocycles. The van der Waals surface area contributed by atoms with Crippen molar-refractivity contribution in [2.24, 2.45) is 0 Å². The third kappa shape index (κ3) is 4.04. The van der Waals surface area contributed by atoms with Gasteiger partial charge in [0.05, 0.1) is 6.04 Å². The molecule has 1 saturated heterocycles. The molecule has 2 N–H and O–H groups in total. The van der Waals surface area contributed by atoms with E-state index in [1.165, 1.54) is 4.90 Å². The van der Waals surface area contributed by atoms with Crippen molar-refractivity contribution in [3.8, 4) is 0 Å². The molecule has 2 aromatic rings. The SMILES string of the molecule is CCC(CC(=O)N1C(=O)OCC1Cc1ccccc1)c1cccc(N)c1. The van der Waals surface area contributed by atoms with E-state index in [1.807, 2.05) is 61.5 Å². The van der Waals surface area contributed by atoms with E-state index in [2.05, 4.69) is 0 Å². The first-order valence-electron chi connectivity index (χ1n) is 8.96. The van der Waals surface area contributed by atoms with Gasteiger partial charge in [0.2, 0.25) is 5.91 Å². The van der Waals surface area contributed by atoms with E-state index in [4.69, 9.17) is 10.5 Å². The summed E-state index contributed by atoms with van der Waals surface area (Å²) < 4.78 is 5.16. The first kappa shape index (κ1) is 18.0. The van der Waals surface area contributed by atoms with Crippen LogP contribution >= 0.6 is 0 Å². The highest BCUT2D eigenvalue weighted by atomic mass is 16.6. The molecule has 0 radical (unpaired) electrons. The second-order valence-electron chi connectivity index (χ2n) is 6.66. The largest absolute Gasteiger partial charge is 0.447 e. The molecular weight excluding hydrogens is 328 g/mol. The summed E-state index contributed by atoms with van der Waals surface area (Å²) in [7, 11) is 0. The lowest BCUT2D eigenvalue weighted by Gasteiger charge is -2.23. The molecule has 0 bridgehead atoms. The van der Waals surface area contributed by atoms with Crippen molar-refractivity contribution in [3.63, 3.8) is 0 Å². The van der Waals surface area contributed by atoms with Crippen LogP contribution < -0.4 is 5.73 Å². The predicted molar refractivity (Wildman–Crippen MR) is 101 cm³/mol. The minimum Gasteiger partial charge on any atom is -0.447 e. The lowest BCUT2D eigenvalue weighted by Crippen LogP contribution is -2.40. The van der Waals surface area contributed by atoms with Crippen LogP contribution in [0.5, 0.6) is 0 Å². The van der Waals surface area contributed by atoms with Gasteiger partial charge >= 0.3 is 6.09 Å². The maximum Gasteiger partial charge on any atom is 0.416 e. The number of benzene rings is 2. The Morgan fingerprint density at radius 1 is 1.23 bits per heavy atom. The first-order valence-corrected chi connectivity index (χ1v) is 8.96. The van der Waals surface area contributed by atoms with Gasteiger partial charge in [-0.2, -0.15) is 0 Å². The zero-order chi connectivity index (χ0) is 18.5. The van der Waals surface area contributed by atoms with Crippen molar-refractivity contribution in [2.75, 3.05) is 12.3 Å². The number of nitrogen functional groups attached to an aromatic ring is 1. The standard InChI is InChI=1S/C21H24N2O3/c1-2-16(17-9-6-10-18(22)12-17)13-20(24)23-19(14-26-21(23)25)11-15-7-4-3-5-8-15/h3-10,12,16,19H,2,11,13-14,22H2,1H3. The van der Waals surface area contributed by atoms with Gasteiger partial charge in [0.25, 0.3) is 0 Å². The third-order valence-corrected chi connectivity index (χ3v) is 4.84. The molecule has 2 amide bonds. The van der Waals surface area contributed by atoms with Crippen molar-refractivity contribution < 1.29 is 14.3 Å². The summed E-state index contributed by atoms with van der Waals surface area (Å²) in [5, 5.41) is 0. The van der Waals surface area contributed by atoms with E-state index in [9.17, 15) is 9.59 Å². The minimum absolute atomic E-state index is 0.0248. The van der Waals surface area contributed by atoms with Crippen molar-refractivity contribution in [2.45, 2.75) is 38.1 Å². The van der Waals surface area contributed by atoms with Gasteiger partial charge in [-0.3, -0.25) is 4.79 Å². The topological polar surface area (TPSA) is 72.6 Å². The molecule has 2 atom stereocenters. The predicted octanol–water partition coefficient (Wildman–Crippen LogP) is 3.74. The normalized spacial score (nSPS) is 17.8. The monoisotopic (exact) mass is 352 g/mol. The van der Waals surface area contributed by atoms with E-state index in [1.54, 1.807) is 0 Å². The van der Waals surface area contributed by atoms with Crippen molar-refractivity contribution in [1.29, 1.82) is 0 Å². The highest BCUT2D eigenvalue weighted by molar-refractivity contribution is 5.94. The fourth-order valence-electron chi connectivity index (χ4n) is 3.42. The smallest absolute Gasteiger partial charge is 0.416 e. The van der Waals surface area contributed by atoms with Crippen molar-refractivity contribution >= 4 is 17.7 Å². The third-order valence-electron chi connectivity index (χ3n) is 4.84. The van der Waals surface area contributed by atoms with Crippen LogP contribution in [-0.4, -0.2) is 29.5 Å². The van der Waals surface area contributed by atoms with E-state index >= 15 is 0 Å². The minimum atomic E-state index is -0.543. The maximum atomic E-state index is 12.9. The first-order chi connectivity index (χ1) is 12.6. The molecule has 5 heteroatoms. The van der Waals surface area contributed by atoms with Crippen LogP contribution in [0.3, 0.4) is 0 Å². The van der Waals surface area contributed by atoms with E-state index in [0.29, 0.717) is 12.1 Å². The number of hydrogen-bond donors (Lipinski definition) is 1. The zero-order valence-electron chi connectivity index (χ0n) is 14.9. The fraction of sp³-hybridized carbons (Fsp3) is 0.333. The Kier molecular flexibility index (Phi) is 5.56. The van der Waals surface area contributed by atoms with E-state index in [-0.39, 0.29) is 30.9 Å². The molecule has 3 rings (SSSR count). The summed E-state index contributed by atoms with van der Waals surface area (Å²) in [6, 6.07) is 17.2. The molecule has 2 aromatic carbocycles. The Labute approximate surface area is 153 Å². The number of nitrogens with zero attached hydrogens (tertiary/aromatic N) is 1. The van der Waals surface area contributed by atoms with Gasteiger partial charge in [-0.25, -0.2) is 9.69 Å². The molecule has 2 unspecified atom stereocenters. The Balaban J connectivity index is 1.72. The zero-order valence-corrected chi connectivity index (χ0v) is 14.9. The van der Waals surface area contributed by atoms with E-state index in [0.717, 1.165) is 17.5 Å². The molecule has 0 aromatic heterocycles. The van der Waals surface area contributed by atoms with Gasteiger partial charge in [-0.05, 0) is 42.0 Å². The quantitative estimate of drug-likeness (QED) is 0.804. The van der Waals surface area contributed by atoms with Crippen LogP contribution in [-0.2, 0) is 16.0 Å². The number of anilines is 1. The lowest BCUT2D eigenvalue weighted by molar-refractivity contribution is -0.129. The number of cyclic esters (lactones) is 1. The number of hydrogen-bond acceptors (Lipinski definition) is 4. The average Bonchev–Trinajstić information content (AvgIpc) is 3.00. The summed E-state index contributed by atoms with van der Waals surface area (Å²) in [5.74, 6) is -0.167. The Morgan fingerprint density at radius 2 is 2.00 bits per heavy atom. The number of nitrogens with two attached hydrogens (primary N) is 1. The molecule has 0 aliphatic carbocycles. The number of amides is 2. The number of ether oxygens (including phenoxy) is 1. The van der Waals surface area contributed by atoms with Crippen molar-refractivity contribution in [3.05, 3.63) is 65.7 Å². The Morgan fingerprint density at radius 3 is 2.69 bits per heavy atom. The highest BCUT2D eigenvalue weighted by Gasteiger charge is 2.38. The van der Waals surface area contributed by atoms with Crippen LogP contribution in [0.25, 0.3) is 0 Å². The van der Waals surface area contributed by atoms with Gasteiger partial charge in [0, 0.05) is 12.1 Å². The van der Waals surface area contributed by atoms with Crippen LogP contribution in [0.4, 0.5) is 10.5 Å². The van der Waals surface area contributed by atoms with Gasteiger partial charge < -0.3 is 10.5 Å². The summed E-state index contributed by atoms with van der Waals surface area (Å²) in [4.78, 5) is 26.3. The fourth-order valence-corrected chi connectivity index (χ4v) is 3.42. The average molecular weight is 352 g/mol. The molecule has 1 aliphatic rings. The highest BCUT2D eigenvalue weighted by Crippen LogP contribution is 2.27. The van der Waals surface area contributed by atoms with Gasteiger partial charge in [-0.15, -0.1) is 0 Å². The van der Waals surface area contributed by atoms with Crippen LogP contribution in [0, 0.1) is 0 Å². The number of carbonyl (C=O) groups excluding carboxylic acids is 2. The van der Waals surface area contributed by atoms with Gasteiger partial charge in [0.1, 0.15) is 6.61 Å². The van der Waals surface area contributed by atoms with Gasteiger partial charge in [-0.1, -0.05) is 49.4 Å². The molecule has 1 fully saturated rings. The maximum absolute atomic E-state index is 12.9. The Hall–Kier alpha value is -2.82. The van der Waals surface area contributed by atoms with Crippen molar-refractivity contribution in [1.82, 2.24) is 4.90 Å². The second kappa shape index (κ2) is 8.04. The van der Waals surface area contributed by atoms with Crippen LogP contribution in [0.1, 0.15) is 36.8 Å². The number of rotatable bonds is 6. The number of imide groups is 1. The van der Waals surface area contributed by atoms with Crippen LogP contribution in [0.15, 0.2) is 54.6 Å². The summed E-state index contributed by atoms with van der Waals surface area (Å²) >= 11 is 0.